The summed E-state index contributed by atoms with van der Waals surface area (Å²) in [7, 11) is 0. The second-order valence-corrected chi connectivity index (χ2v) is 5.98. The van der Waals surface area contributed by atoms with Crippen molar-refractivity contribution in [3.63, 3.8) is 0 Å². The lowest BCUT2D eigenvalue weighted by Gasteiger charge is -2.45. The van der Waals surface area contributed by atoms with Crippen LogP contribution in [-0.4, -0.2) is 31.7 Å². The zero-order valence-electron chi connectivity index (χ0n) is 12.2. The van der Waals surface area contributed by atoms with Crippen LogP contribution >= 0.6 is 0 Å². The number of carbonyl (C=O) groups is 1. The number of carbonyl (C=O) groups excluding carboxylic acids is 1. The van der Waals surface area contributed by atoms with Gasteiger partial charge in [-0.15, -0.1) is 0 Å². The van der Waals surface area contributed by atoms with Crippen LogP contribution in [0.15, 0.2) is 0 Å². The summed E-state index contributed by atoms with van der Waals surface area (Å²) in [5.41, 5.74) is 5.47. The fraction of sp³-hybridized carbons (Fsp3) is 0.929. The molecule has 0 aromatic carbocycles. The molecule has 4 heteroatoms. The lowest BCUT2D eigenvalue weighted by Crippen LogP contribution is -2.56. The first-order valence-electron chi connectivity index (χ1n) is 7.04. The first kappa shape index (κ1) is 15.4. The third-order valence-electron chi connectivity index (χ3n) is 3.97. The molecule has 0 aromatic heterocycles. The first-order valence-corrected chi connectivity index (χ1v) is 7.04. The van der Waals surface area contributed by atoms with Crippen molar-refractivity contribution in [3.8, 4) is 0 Å². The standard InChI is InChI=1S/C14H28N2O2/c1-5-18-8-12(10(2)3)16-13(17)14(9-15)6-11(4)7-14/h10-12H,5-9,15H2,1-4H3,(H,16,17). The van der Waals surface area contributed by atoms with Gasteiger partial charge in [-0.2, -0.15) is 0 Å². The van der Waals surface area contributed by atoms with Gasteiger partial charge < -0.3 is 15.8 Å². The number of ether oxygens (including phenoxy) is 1. The van der Waals surface area contributed by atoms with Crippen LogP contribution in [0.3, 0.4) is 0 Å². The molecule has 1 saturated carbocycles. The number of hydrogen-bond donors (Lipinski definition) is 2. The molecule has 1 fully saturated rings. The summed E-state index contributed by atoms with van der Waals surface area (Å²) in [5.74, 6) is 1.10. The van der Waals surface area contributed by atoms with Crippen molar-refractivity contribution >= 4 is 5.91 Å². The highest BCUT2D eigenvalue weighted by Gasteiger charge is 2.47. The second-order valence-electron chi connectivity index (χ2n) is 5.98. The molecule has 18 heavy (non-hydrogen) atoms. The van der Waals surface area contributed by atoms with Crippen molar-refractivity contribution in [2.75, 3.05) is 19.8 Å². The largest absolute Gasteiger partial charge is 0.380 e. The van der Waals surface area contributed by atoms with Crippen LogP contribution in [0.2, 0.25) is 0 Å². The van der Waals surface area contributed by atoms with E-state index in [-0.39, 0.29) is 17.4 Å². The molecule has 1 atom stereocenters. The quantitative estimate of drug-likeness (QED) is 0.726. The Morgan fingerprint density at radius 2 is 2.11 bits per heavy atom. The molecular formula is C14H28N2O2. The third kappa shape index (κ3) is 3.45. The van der Waals surface area contributed by atoms with Gasteiger partial charge in [0.05, 0.1) is 18.1 Å². The van der Waals surface area contributed by atoms with Crippen LogP contribution in [0.25, 0.3) is 0 Å². The number of nitrogens with two attached hydrogens (primary N) is 1. The molecule has 4 nitrogen and oxygen atoms in total. The van der Waals surface area contributed by atoms with E-state index < -0.39 is 0 Å². The topological polar surface area (TPSA) is 64.3 Å². The third-order valence-corrected chi connectivity index (χ3v) is 3.97. The highest BCUT2D eigenvalue weighted by Crippen LogP contribution is 2.44. The second kappa shape index (κ2) is 6.53. The van der Waals surface area contributed by atoms with Crippen LogP contribution in [-0.2, 0) is 9.53 Å². The van der Waals surface area contributed by atoms with Gasteiger partial charge in [-0.05, 0) is 31.6 Å². The number of rotatable bonds is 7. The fourth-order valence-electron chi connectivity index (χ4n) is 2.69. The van der Waals surface area contributed by atoms with Gasteiger partial charge in [0.15, 0.2) is 0 Å². The summed E-state index contributed by atoms with van der Waals surface area (Å²) in [4.78, 5) is 12.4. The summed E-state index contributed by atoms with van der Waals surface area (Å²) >= 11 is 0. The summed E-state index contributed by atoms with van der Waals surface area (Å²) in [6, 6.07) is 0.0804. The molecular weight excluding hydrogens is 228 g/mol. The Morgan fingerprint density at radius 1 is 1.50 bits per heavy atom. The van der Waals surface area contributed by atoms with Gasteiger partial charge in [0.25, 0.3) is 0 Å². The maximum absolute atomic E-state index is 12.4. The van der Waals surface area contributed by atoms with E-state index >= 15 is 0 Å². The Morgan fingerprint density at radius 3 is 2.50 bits per heavy atom. The maximum Gasteiger partial charge on any atom is 0.227 e. The van der Waals surface area contributed by atoms with Crippen molar-refractivity contribution < 1.29 is 9.53 Å². The summed E-state index contributed by atoms with van der Waals surface area (Å²) in [5, 5.41) is 3.12. The Bertz CT molecular complexity index is 273. The average Bonchev–Trinajstić information content (AvgIpc) is 2.29. The molecule has 0 aromatic rings. The average molecular weight is 256 g/mol. The zero-order valence-corrected chi connectivity index (χ0v) is 12.2. The lowest BCUT2D eigenvalue weighted by molar-refractivity contribution is -0.139. The van der Waals surface area contributed by atoms with Crippen molar-refractivity contribution in [3.05, 3.63) is 0 Å². The van der Waals surface area contributed by atoms with Crippen LogP contribution in [0.1, 0.15) is 40.5 Å². The van der Waals surface area contributed by atoms with Gasteiger partial charge in [0, 0.05) is 13.2 Å². The van der Waals surface area contributed by atoms with Gasteiger partial charge in [-0.25, -0.2) is 0 Å². The number of hydrogen-bond acceptors (Lipinski definition) is 3. The minimum Gasteiger partial charge on any atom is -0.380 e. The molecule has 0 spiro atoms. The summed E-state index contributed by atoms with van der Waals surface area (Å²) in [6.07, 6.45) is 1.82. The zero-order chi connectivity index (χ0) is 13.8. The molecule has 3 N–H and O–H groups in total. The monoisotopic (exact) mass is 256 g/mol. The van der Waals surface area contributed by atoms with E-state index in [1.165, 1.54) is 0 Å². The predicted octanol–water partition coefficient (Wildman–Crippen LogP) is 1.54. The summed E-state index contributed by atoms with van der Waals surface area (Å²) in [6.45, 7) is 10.0. The summed E-state index contributed by atoms with van der Waals surface area (Å²) < 4.78 is 5.43. The van der Waals surface area contributed by atoms with E-state index in [2.05, 4.69) is 26.1 Å². The number of nitrogens with one attached hydrogen (secondary N) is 1. The Kier molecular flexibility index (Phi) is 5.60. The fourth-order valence-corrected chi connectivity index (χ4v) is 2.69. The number of amides is 1. The molecule has 0 bridgehead atoms. The van der Waals surface area contributed by atoms with E-state index in [1.54, 1.807) is 0 Å². The van der Waals surface area contributed by atoms with Gasteiger partial charge in [0.2, 0.25) is 5.91 Å². The molecule has 1 rings (SSSR count). The Labute approximate surface area is 111 Å². The van der Waals surface area contributed by atoms with Gasteiger partial charge in [0.1, 0.15) is 0 Å². The van der Waals surface area contributed by atoms with Gasteiger partial charge in [-0.1, -0.05) is 20.8 Å². The molecule has 1 unspecified atom stereocenters. The lowest BCUT2D eigenvalue weighted by atomic mass is 9.62. The van der Waals surface area contributed by atoms with Gasteiger partial charge >= 0.3 is 0 Å². The molecule has 1 amide bonds. The van der Waals surface area contributed by atoms with Crippen molar-refractivity contribution in [1.29, 1.82) is 0 Å². The molecule has 0 radical (unpaired) electrons. The highest BCUT2D eigenvalue weighted by molar-refractivity contribution is 5.84. The first-order chi connectivity index (χ1) is 8.45. The van der Waals surface area contributed by atoms with Crippen molar-refractivity contribution in [2.24, 2.45) is 23.0 Å². The normalized spacial score (nSPS) is 28.9. The van der Waals surface area contributed by atoms with Crippen LogP contribution in [0.4, 0.5) is 0 Å². The predicted molar refractivity (Wildman–Crippen MR) is 73.1 cm³/mol. The minimum absolute atomic E-state index is 0.0804. The maximum atomic E-state index is 12.4. The molecule has 0 saturated heterocycles. The van der Waals surface area contributed by atoms with Crippen molar-refractivity contribution in [2.45, 2.75) is 46.6 Å². The van der Waals surface area contributed by atoms with E-state index in [4.69, 9.17) is 10.5 Å². The SMILES string of the molecule is CCOCC(NC(=O)C1(CN)CC(C)C1)C(C)C. The van der Waals surface area contributed by atoms with Crippen LogP contribution in [0, 0.1) is 17.3 Å². The van der Waals surface area contributed by atoms with E-state index in [0.29, 0.717) is 31.6 Å². The van der Waals surface area contributed by atoms with Crippen LogP contribution in [0.5, 0.6) is 0 Å². The molecule has 0 aliphatic heterocycles. The minimum atomic E-state index is -0.321. The van der Waals surface area contributed by atoms with E-state index in [1.807, 2.05) is 6.92 Å². The van der Waals surface area contributed by atoms with E-state index in [0.717, 1.165) is 12.8 Å². The molecule has 1 aliphatic carbocycles. The molecule has 0 heterocycles. The Balaban J connectivity index is 2.55. The van der Waals surface area contributed by atoms with Crippen molar-refractivity contribution in [1.82, 2.24) is 5.32 Å². The highest BCUT2D eigenvalue weighted by atomic mass is 16.5. The smallest absolute Gasteiger partial charge is 0.227 e. The van der Waals surface area contributed by atoms with Gasteiger partial charge in [-0.3, -0.25) is 4.79 Å². The molecule has 1 aliphatic rings. The van der Waals surface area contributed by atoms with Crippen LogP contribution < -0.4 is 11.1 Å². The van der Waals surface area contributed by atoms with E-state index in [9.17, 15) is 4.79 Å². The Hall–Kier alpha value is -0.610. The molecule has 106 valence electrons.